The van der Waals surface area contributed by atoms with E-state index in [0.29, 0.717) is 0 Å². The second kappa shape index (κ2) is 2.75. The summed E-state index contributed by atoms with van der Waals surface area (Å²) in [4.78, 5) is 8.07. The van der Waals surface area contributed by atoms with Crippen LogP contribution in [0.25, 0.3) is 5.13 Å². The molecule has 3 nitrogen and oxygen atoms in total. The third-order valence-electron chi connectivity index (χ3n) is 1.19. The summed E-state index contributed by atoms with van der Waals surface area (Å²) in [7, 11) is 0. The first-order valence-corrected chi connectivity index (χ1v) is 4.57. The van der Waals surface area contributed by atoms with Crippen molar-refractivity contribution in [2.24, 2.45) is 0 Å². The Hall–Kier alpha value is -0.680. The lowest BCUT2D eigenvalue weighted by atomic mass is 10.9. The molecule has 0 spiro atoms. The van der Waals surface area contributed by atoms with E-state index in [4.69, 9.17) is 0 Å². The molecule has 0 saturated carbocycles. The zero-order chi connectivity index (χ0) is 7.68. The van der Waals surface area contributed by atoms with Crippen molar-refractivity contribution in [2.45, 2.75) is 0 Å². The molecule has 0 aliphatic carbocycles. The monoisotopic (exact) mass is 229 g/mol. The van der Waals surface area contributed by atoms with E-state index in [-0.39, 0.29) is 0 Å². The Kier molecular flexibility index (Phi) is 1.75. The van der Waals surface area contributed by atoms with Gasteiger partial charge in [0.2, 0.25) is 0 Å². The summed E-state index contributed by atoms with van der Waals surface area (Å²) < 4.78 is 2.90. The minimum Gasteiger partial charge on any atom is -0.282 e. The van der Waals surface area contributed by atoms with Gasteiger partial charge in [-0.25, -0.2) is 9.97 Å². The molecular weight excluding hydrogens is 226 g/mol. The van der Waals surface area contributed by atoms with Crippen LogP contribution in [0.3, 0.4) is 0 Å². The molecule has 0 bridgehead atoms. The van der Waals surface area contributed by atoms with Gasteiger partial charge in [0, 0.05) is 12.4 Å². The minimum atomic E-state index is 0.925. The smallest absolute Gasteiger partial charge is 0.195 e. The van der Waals surface area contributed by atoms with Gasteiger partial charge in [-0.2, -0.15) is 0 Å². The number of nitrogens with zero attached hydrogens (tertiary/aromatic N) is 3. The summed E-state index contributed by atoms with van der Waals surface area (Å²) in [5.74, 6) is 0. The van der Waals surface area contributed by atoms with Crippen molar-refractivity contribution in [3.05, 3.63) is 28.7 Å². The van der Waals surface area contributed by atoms with Crippen LogP contribution in [0.4, 0.5) is 0 Å². The van der Waals surface area contributed by atoms with Crippen LogP contribution >= 0.6 is 27.3 Å². The number of aromatic nitrogens is 3. The van der Waals surface area contributed by atoms with Crippen molar-refractivity contribution in [1.29, 1.82) is 0 Å². The van der Waals surface area contributed by atoms with Crippen molar-refractivity contribution in [3.8, 4) is 5.13 Å². The molecule has 0 saturated heterocycles. The Bertz CT molecular complexity index is 340. The van der Waals surface area contributed by atoms with Crippen molar-refractivity contribution in [2.75, 3.05) is 0 Å². The highest BCUT2D eigenvalue weighted by Gasteiger charge is 1.99. The lowest BCUT2D eigenvalue weighted by Crippen LogP contribution is -1.85. The number of hydrogen-bond acceptors (Lipinski definition) is 3. The van der Waals surface area contributed by atoms with Crippen LogP contribution in [-0.2, 0) is 0 Å². The number of imidazole rings is 1. The summed E-state index contributed by atoms with van der Waals surface area (Å²) in [5, 5.41) is 0.925. The first-order valence-electron chi connectivity index (χ1n) is 2.96. The average Bonchev–Trinajstić information content (AvgIpc) is 2.55. The number of hydrogen-bond donors (Lipinski definition) is 0. The van der Waals surface area contributed by atoms with Gasteiger partial charge in [0.05, 0.1) is 9.98 Å². The third-order valence-corrected chi connectivity index (χ3v) is 2.68. The van der Waals surface area contributed by atoms with Gasteiger partial charge in [-0.05, 0) is 15.9 Å². The van der Waals surface area contributed by atoms with Crippen LogP contribution in [0.2, 0.25) is 0 Å². The summed E-state index contributed by atoms with van der Waals surface area (Å²) in [6.07, 6.45) is 7.10. The van der Waals surface area contributed by atoms with E-state index in [2.05, 4.69) is 25.9 Å². The maximum absolute atomic E-state index is 4.15. The molecule has 0 atom stereocenters. The molecule has 2 aromatic rings. The standard InChI is InChI=1S/C6H4BrN3S/c7-5-3-9-6(11-5)10-2-1-8-4-10/h1-4H. The largest absolute Gasteiger partial charge is 0.282 e. The van der Waals surface area contributed by atoms with Gasteiger partial charge in [0.1, 0.15) is 6.33 Å². The predicted molar refractivity (Wildman–Crippen MR) is 46.9 cm³/mol. The van der Waals surface area contributed by atoms with Crippen LogP contribution < -0.4 is 0 Å². The van der Waals surface area contributed by atoms with Gasteiger partial charge < -0.3 is 0 Å². The van der Waals surface area contributed by atoms with E-state index in [0.717, 1.165) is 8.92 Å². The topological polar surface area (TPSA) is 30.7 Å². The van der Waals surface area contributed by atoms with E-state index in [1.807, 2.05) is 10.8 Å². The Labute approximate surface area is 75.9 Å². The first-order chi connectivity index (χ1) is 5.36. The Morgan fingerprint density at radius 2 is 2.45 bits per heavy atom. The second-order valence-electron chi connectivity index (χ2n) is 1.92. The Balaban J connectivity index is 2.45. The fourth-order valence-electron chi connectivity index (χ4n) is 0.738. The molecule has 0 N–H and O–H groups in total. The lowest BCUT2D eigenvalue weighted by Gasteiger charge is -1.90. The molecule has 0 unspecified atom stereocenters. The fraction of sp³-hybridized carbons (Fsp3) is 0. The van der Waals surface area contributed by atoms with Crippen molar-refractivity contribution >= 4 is 27.3 Å². The third kappa shape index (κ3) is 1.34. The lowest BCUT2D eigenvalue weighted by molar-refractivity contribution is 1.03. The zero-order valence-electron chi connectivity index (χ0n) is 5.44. The van der Waals surface area contributed by atoms with Gasteiger partial charge in [-0.1, -0.05) is 11.3 Å². The normalized spacial score (nSPS) is 10.3. The SMILES string of the molecule is Brc1cnc(-n2ccnc2)s1. The molecule has 0 amide bonds. The number of rotatable bonds is 1. The maximum Gasteiger partial charge on any atom is 0.195 e. The number of halogens is 1. The van der Waals surface area contributed by atoms with E-state index in [9.17, 15) is 0 Å². The Morgan fingerprint density at radius 3 is 3.00 bits per heavy atom. The summed E-state index contributed by atoms with van der Waals surface area (Å²) >= 11 is 4.91. The van der Waals surface area contributed by atoms with Crippen molar-refractivity contribution < 1.29 is 0 Å². The second-order valence-corrected chi connectivity index (χ2v) is 4.31. The van der Waals surface area contributed by atoms with E-state index in [1.54, 1.807) is 30.1 Å². The van der Waals surface area contributed by atoms with Crippen molar-refractivity contribution in [3.63, 3.8) is 0 Å². The molecule has 2 aromatic heterocycles. The molecule has 5 heteroatoms. The summed E-state index contributed by atoms with van der Waals surface area (Å²) in [5.41, 5.74) is 0. The summed E-state index contributed by atoms with van der Waals surface area (Å²) in [6.45, 7) is 0. The van der Waals surface area contributed by atoms with Crippen LogP contribution in [-0.4, -0.2) is 14.5 Å². The average molecular weight is 230 g/mol. The van der Waals surface area contributed by atoms with Gasteiger partial charge in [0.25, 0.3) is 0 Å². The molecule has 0 aliphatic rings. The van der Waals surface area contributed by atoms with E-state index in [1.165, 1.54) is 0 Å². The van der Waals surface area contributed by atoms with Gasteiger partial charge in [0.15, 0.2) is 5.13 Å². The minimum absolute atomic E-state index is 0.925. The fourth-order valence-corrected chi connectivity index (χ4v) is 1.87. The molecule has 0 aliphatic heterocycles. The molecule has 0 aromatic carbocycles. The van der Waals surface area contributed by atoms with Gasteiger partial charge in [-0.15, -0.1) is 0 Å². The molecule has 2 rings (SSSR count). The molecule has 2 heterocycles. The predicted octanol–water partition coefficient (Wildman–Crippen LogP) is 2.09. The van der Waals surface area contributed by atoms with E-state index >= 15 is 0 Å². The molecule has 11 heavy (non-hydrogen) atoms. The van der Waals surface area contributed by atoms with E-state index < -0.39 is 0 Å². The molecule has 56 valence electrons. The van der Waals surface area contributed by atoms with Gasteiger partial charge >= 0.3 is 0 Å². The van der Waals surface area contributed by atoms with Crippen LogP contribution in [0, 0.1) is 0 Å². The maximum atomic E-state index is 4.15. The molecule has 0 radical (unpaired) electrons. The zero-order valence-corrected chi connectivity index (χ0v) is 7.84. The Morgan fingerprint density at radius 1 is 1.55 bits per heavy atom. The number of thiazole rings is 1. The van der Waals surface area contributed by atoms with Crippen molar-refractivity contribution in [1.82, 2.24) is 14.5 Å². The first kappa shape index (κ1) is 7.00. The molecule has 0 fully saturated rings. The van der Waals surface area contributed by atoms with Crippen LogP contribution in [0.15, 0.2) is 28.7 Å². The highest BCUT2D eigenvalue weighted by atomic mass is 79.9. The quantitative estimate of drug-likeness (QED) is 0.750. The summed E-state index contributed by atoms with van der Waals surface area (Å²) in [6, 6.07) is 0. The highest BCUT2D eigenvalue weighted by Crippen LogP contribution is 2.21. The van der Waals surface area contributed by atoms with Crippen LogP contribution in [0.1, 0.15) is 0 Å². The molecular formula is C6H4BrN3S. The highest BCUT2D eigenvalue weighted by molar-refractivity contribution is 9.11. The van der Waals surface area contributed by atoms with Crippen LogP contribution in [0.5, 0.6) is 0 Å². The van der Waals surface area contributed by atoms with Gasteiger partial charge in [-0.3, -0.25) is 4.57 Å².